The first-order valence-corrected chi connectivity index (χ1v) is 8.53. The van der Waals surface area contributed by atoms with Gasteiger partial charge >= 0.3 is 0 Å². The summed E-state index contributed by atoms with van der Waals surface area (Å²) in [5.74, 6) is 0.972. The third-order valence-corrected chi connectivity index (χ3v) is 4.61. The molecule has 2 aromatic heterocycles. The minimum atomic E-state index is -0.417. The molecule has 2 heterocycles. The quantitative estimate of drug-likeness (QED) is 0.698. The number of thioether (sulfide) groups is 1. The van der Waals surface area contributed by atoms with Gasteiger partial charge in [0.1, 0.15) is 0 Å². The summed E-state index contributed by atoms with van der Waals surface area (Å²) in [6.07, 6.45) is 3.50. The van der Waals surface area contributed by atoms with Crippen molar-refractivity contribution in [1.29, 1.82) is 0 Å². The molecule has 1 aromatic carbocycles. The summed E-state index contributed by atoms with van der Waals surface area (Å²) in [4.78, 5) is 15.6. The van der Waals surface area contributed by atoms with Gasteiger partial charge in [-0.15, -0.1) is 10.2 Å². The van der Waals surface area contributed by atoms with Crippen LogP contribution in [0.1, 0.15) is 22.8 Å². The van der Waals surface area contributed by atoms with Crippen LogP contribution in [0.2, 0.25) is 0 Å². The van der Waals surface area contributed by atoms with E-state index >= 15 is 0 Å². The summed E-state index contributed by atoms with van der Waals surface area (Å²) in [7, 11) is 0. The van der Waals surface area contributed by atoms with Crippen LogP contribution in [0.3, 0.4) is 0 Å². The molecule has 0 bridgehead atoms. The maximum absolute atomic E-state index is 11.5. The highest BCUT2D eigenvalue weighted by molar-refractivity contribution is 7.98. The molecule has 0 aliphatic rings. The Labute approximate surface area is 144 Å². The molecule has 0 saturated carbocycles. The molecule has 1 amide bonds. The normalized spacial score (nSPS) is 10.7. The SMILES string of the molecule is CCn1c(SCc2ccccc2C(N)=O)nnc1-c1cccnc1. The number of hydrogen-bond acceptors (Lipinski definition) is 5. The lowest BCUT2D eigenvalue weighted by molar-refractivity contribution is 0.0999. The Bertz CT molecular complexity index is 847. The number of nitrogens with zero attached hydrogens (tertiary/aromatic N) is 4. The average molecular weight is 339 g/mol. The number of pyridine rings is 1. The second kappa shape index (κ2) is 7.27. The van der Waals surface area contributed by atoms with Gasteiger partial charge in [0.2, 0.25) is 5.91 Å². The molecule has 7 heteroatoms. The largest absolute Gasteiger partial charge is 0.366 e. The molecule has 0 aliphatic carbocycles. The van der Waals surface area contributed by atoms with Crippen molar-refractivity contribution in [2.75, 3.05) is 0 Å². The van der Waals surface area contributed by atoms with Gasteiger partial charge in [-0.25, -0.2) is 0 Å². The third kappa shape index (κ3) is 3.30. The molecule has 3 aromatic rings. The molecule has 0 radical (unpaired) electrons. The number of amides is 1. The number of rotatable bonds is 6. The van der Waals surface area contributed by atoms with Crippen LogP contribution in [0.25, 0.3) is 11.4 Å². The van der Waals surface area contributed by atoms with Crippen molar-refractivity contribution >= 4 is 17.7 Å². The van der Waals surface area contributed by atoms with Crippen molar-refractivity contribution in [3.8, 4) is 11.4 Å². The summed E-state index contributed by atoms with van der Waals surface area (Å²) in [6, 6.07) is 11.2. The number of aromatic nitrogens is 4. The average Bonchev–Trinajstić information content (AvgIpc) is 3.03. The standard InChI is InChI=1S/C17H17N5OS/c1-2-22-16(12-7-5-9-19-10-12)20-21-17(22)24-11-13-6-3-4-8-14(13)15(18)23/h3-10H,2,11H2,1H3,(H2,18,23). The van der Waals surface area contributed by atoms with E-state index in [-0.39, 0.29) is 0 Å². The molecule has 0 spiro atoms. The Hall–Kier alpha value is -2.67. The lowest BCUT2D eigenvalue weighted by Crippen LogP contribution is -2.13. The first kappa shape index (κ1) is 16.2. The Morgan fingerprint density at radius 2 is 2.04 bits per heavy atom. The number of primary amides is 1. The van der Waals surface area contributed by atoms with E-state index in [1.54, 1.807) is 18.5 Å². The highest BCUT2D eigenvalue weighted by atomic mass is 32.2. The molecule has 2 N–H and O–H groups in total. The number of nitrogens with two attached hydrogens (primary N) is 1. The van der Waals surface area contributed by atoms with Crippen LogP contribution < -0.4 is 5.73 Å². The van der Waals surface area contributed by atoms with Crippen molar-refractivity contribution in [2.45, 2.75) is 24.4 Å². The number of carbonyl (C=O) groups excluding carboxylic acids is 1. The zero-order valence-corrected chi connectivity index (χ0v) is 14.0. The predicted octanol–water partition coefficient (Wildman–Crippen LogP) is 2.75. The van der Waals surface area contributed by atoms with Crippen molar-refractivity contribution in [3.05, 3.63) is 59.9 Å². The van der Waals surface area contributed by atoms with E-state index in [2.05, 4.69) is 15.2 Å². The van der Waals surface area contributed by atoms with E-state index in [0.29, 0.717) is 11.3 Å². The fourth-order valence-electron chi connectivity index (χ4n) is 2.42. The van der Waals surface area contributed by atoms with Gasteiger partial charge in [-0.3, -0.25) is 9.78 Å². The topological polar surface area (TPSA) is 86.7 Å². The first-order chi connectivity index (χ1) is 11.7. The molecule has 3 rings (SSSR count). The van der Waals surface area contributed by atoms with Crippen LogP contribution in [0.4, 0.5) is 0 Å². The summed E-state index contributed by atoms with van der Waals surface area (Å²) < 4.78 is 2.04. The molecule has 24 heavy (non-hydrogen) atoms. The highest BCUT2D eigenvalue weighted by Crippen LogP contribution is 2.26. The molecule has 122 valence electrons. The van der Waals surface area contributed by atoms with E-state index in [0.717, 1.165) is 28.7 Å². The van der Waals surface area contributed by atoms with Crippen molar-refractivity contribution in [3.63, 3.8) is 0 Å². The number of hydrogen-bond donors (Lipinski definition) is 1. The van der Waals surface area contributed by atoms with E-state index in [4.69, 9.17) is 5.73 Å². The summed E-state index contributed by atoms with van der Waals surface area (Å²) in [5.41, 5.74) is 7.79. The fourth-order valence-corrected chi connectivity index (χ4v) is 3.42. The van der Waals surface area contributed by atoms with Crippen LogP contribution in [0, 0.1) is 0 Å². The Kier molecular flexibility index (Phi) is 4.90. The lowest BCUT2D eigenvalue weighted by atomic mass is 10.1. The van der Waals surface area contributed by atoms with E-state index in [9.17, 15) is 4.79 Å². The van der Waals surface area contributed by atoms with Gasteiger partial charge in [-0.05, 0) is 30.7 Å². The second-order valence-electron chi connectivity index (χ2n) is 5.10. The minimum absolute atomic E-state index is 0.417. The van der Waals surface area contributed by atoms with Crippen LogP contribution in [-0.4, -0.2) is 25.7 Å². The van der Waals surface area contributed by atoms with Gasteiger partial charge in [0, 0.05) is 35.8 Å². The maximum Gasteiger partial charge on any atom is 0.249 e. The lowest BCUT2D eigenvalue weighted by Gasteiger charge is -2.08. The maximum atomic E-state index is 11.5. The van der Waals surface area contributed by atoms with E-state index < -0.39 is 5.91 Å². The zero-order valence-electron chi connectivity index (χ0n) is 13.2. The molecule has 0 unspecified atom stereocenters. The molecule has 0 aliphatic heterocycles. The number of carbonyl (C=O) groups is 1. The summed E-state index contributed by atoms with van der Waals surface area (Å²) in [6.45, 7) is 2.79. The number of benzene rings is 1. The predicted molar refractivity (Wildman–Crippen MR) is 93.4 cm³/mol. The van der Waals surface area contributed by atoms with Gasteiger partial charge in [-0.1, -0.05) is 30.0 Å². The van der Waals surface area contributed by atoms with E-state index in [1.807, 2.05) is 41.8 Å². The highest BCUT2D eigenvalue weighted by Gasteiger charge is 2.14. The Morgan fingerprint density at radius 1 is 1.21 bits per heavy atom. The molecule has 0 fully saturated rings. The van der Waals surface area contributed by atoms with Crippen molar-refractivity contribution < 1.29 is 4.79 Å². The molecular weight excluding hydrogens is 322 g/mol. The van der Waals surface area contributed by atoms with Gasteiger partial charge < -0.3 is 10.3 Å². The zero-order chi connectivity index (χ0) is 16.9. The summed E-state index contributed by atoms with van der Waals surface area (Å²) >= 11 is 1.53. The third-order valence-electron chi connectivity index (χ3n) is 3.59. The fraction of sp³-hybridized carbons (Fsp3) is 0.176. The van der Waals surface area contributed by atoms with Gasteiger partial charge in [0.15, 0.2) is 11.0 Å². The van der Waals surface area contributed by atoms with Crippen molar-refractivity contribution in [1.82, 2.24) is 19.7 Å². The monoisotopic (exact) mass is 339 g/mol. The Morgan fingerprint density at radius 3 is 2.75 bits per heavy atom. The van der Waals surface area contributed by atoms with Crippen molar-refractivity contribution in [2.24, 2.45) is 5.73 Å². The molecule has 0 atom stereocenters. The van der Waals surface area contributed by atoms with Crippen LogP contribution in [0.5, 0.6) is 0 Å². The van der Waals surface area contributed by atoms with Gasteiger partial charge in [0.05, 0.1) is 0 Å². The first-order valence-electron chi connectivity index (χ1n) is 7.54. The minimum Gasteiger partial charge on any atom is -0.366 e. The van der Waals surface area contributed by atoms with Gasteiger partial charge in [0.25, 0.3) is 0 Å². The second-order valence-corrected chi connectivity index (χ2v) is 6.04. The van der Waals surface area contributed by atoms with Gasteiger partial charge in [-0.2, -0.15) is 0 Å². The summed E-state index contributed by atoms with van der Waals surface area (Å²) in [5, 5.41) is 9.37. The van der Waals surface area contributed by atoms with Crippen LogP contribution in [-0.2, 0) is 12.3 Å². The van der Waals surface area contributed by atoms with Crippen LogP contribution >= 0.6 is 11.8 Å². The Balaban J connectivity index is 1.85. The smallest absolute Gasteiger partial charge is 0.249 e. The van der Waals surface area contributed by atoms with Crippen LogP contribution in [0.15, 0.2) is 53.9 Å². The molecule has 0 saturated heterocycles. The molecule has 6 nitrogen and oxygen atoms in total. The molecular formula is C17H17N5OS. The van der Waals surface area contributed by atoms with E-state index in [1.165, 1.54) is 11.8 Å².